The molecule has 0 unspecified atom stereocenters. The molecule has 1 N–H and O–H groups in total. The molecule has 1 aliphatic heterocycles. The van der Waals surface area contributed by atoms with Crippen molar-refractivity contribution in [1.29, 1.82) is 0 Å². The van der Waals surface area contributed by atoms with Gasteiger partial charge in [-0.15, -0.1) is 0 Å². The van der Waals surface area contributed by atoms with E-state index in [0.717, 1.165) is 25.2 Å². The Bertz CT molecular complexity index is 1220. The number of carbonyl (C=O) groups is 1. The highest BCUT2D eigenvalue weighted by Gasteiger charge is 2.43. The zero-order valence-electron chi connectivity index (χ0n) is 19.6. The standard InChI is InChI=1S/C26H30N2O5/c1-5-27(6-2)14-15-28-23(17-12-13-20(32-7-3)21(16-17)31-4)22-24(29)18-10-8-9-11-19(18)33-25(22)26(28)30/h8-13,16,23H,5-7,14-15H2,1-4H3/p+1/t23-/m0/s1. The van der Waals surface area contributed by atoms with Gasteiger partial charge in [-0.05, 0) is 50.6 Å². The fourth-order valence-electron chi connectivity index (χ4n) is 4.56. The molecule has 0 saturated carbocycles. The average Bonchev–Trinajstić information content (AvgIpc) is 3.12. The van der Waals surface area contributed by atoms with Gasteiger partial charge in [-0.2, -0.15) is 0 Å². The van der Waals surface area contributed by atoms with Crippen molar-refractivity contribution in [2.75, 3.05) is 39.9 Å². The van der Waals surface area contributed by atoms with Crippen LogP contribution < -0.4 is 19.8 Å². The van der Waals surface area contributed by atoms with Crippen LogP contribution in [0.1, 0.15) is 48.5 Å². The maximum absolute atomic E-state index is 13.6. The number of carbonyl (C=O) groups excluding carboxylic acids is 1. The van der Waals surface area contributed by atoms with Crippen LogP contribution in [-0.4, -0.2) is 50.7 Å². The van der Waals surface area contributed by atoms with Crippen LogP contribution in [0.3, 0.4) is 0 Å². The van der Waals surface area contributed by atoms with E-state index in [4.69, 9.17) is 13.9 Å². The number of ether oxygens (including phenoxy) is 2. The Morgan fingerprint density at radius 3 is 2.48 bits per heavy atom. The zero-order chi connectivity index (χ0) is 23.5. The van der Waals surface area contributed by atoms with E-state index in [-0.39, 0.29) is 17.1 Å². The van der Waals surface area contributed by atoms with Crippen LogP contribution in [0, 0.1) is 0 Å². The molecule has 174 valence electrons. The molecular weight excluding hydrogens is 420 g/mol. The van der Waals surface area contributed by atoms with Crippen LogP contribution in [0.15, 0.2) is 51.7 Å². The van der Waals surface area contributed by atoms with Crippen molar-refractivity contribution in [2.24, 2.45) is 0 Å². The second-order valence-electron chi connectivity index (χ2n) is 8.12. The normalized spacial score (nSPS) is 15.4. The number of quaternary nitrogens is 1. The molecule has 1 amide bonds. The number of hydrogen-bond donors (Lipinski definition) is 1. The maximum Gasteiger partial charge on any atom is 0.291 e. The lowest BCUT2D eigenvalue weighted by atomic mass is 9.98. The summed E-state index contributed by atoms with van der Waals surface area (Å²) in [5, 5.41) is 0.475. The van der Waals surface area contributed by atoms with Gasteiger partial charge >= 0.3 is 0 Å². The number of fused-ring (bicyclic) bond motifs is 2. The molecule has 2 aromatic carbocycles. The van der Waals surface area contributed by atoms with Crippen LogP contribution in [-0.2, 0) is 0 Å². The summed E-state index contributed by atoms with van der Waals surface area (Å²) in [6, 6.07) is 12.1. The number of nitrogens with zero attached hydrogens (tertiary/aromatic N) is 1. The number of nitrogens with one attached hydrogen (secondary N) is 1. The molecule has 7 heteroatoms. The fraction of sp³-hybridized carbons (Fsp3) is 0.385. The van der Waals surface area contributed by atoms with E-state index in [0.29, 0.717) is 41.2 Å². The average molecular weight is 452 g/mol. The number of rotatable bonds is 9. The fourth-order valence-corrected chi connectivity index (χ4v) is 4.56. The van der Waals surface area contributed by atoms with E-state index in [1.807, 2.05) is 25.1 Å². The second-order valence-corrected chi connectivity index (χ2v) is 8.12. The number of para-hydroxylation sites is 1. The third kappa shape index (κ3) is 4.09. The van der Waals surface area contributed by atoms with Crippen molar-refractivity contribution in [3.63, 3.8) is 0 Å². The highest BCUT2D eigenvalue weighted by molar-refractivity contribution is 5.99. The quantitative estimate of drug-likeness (QED) is 0.542. The Labute approximate surface area is 193 Å². The molecule has 1 aromatic heterocycles. The van der Waals surface area contributed by atoms with Gasteiger partial charge in [-0.3, -0.25) is 9.59 Å². The first-order chi connectivity index (χ1) is 16.0. The van der Waals surface area contributed by atoms with Crippen molar-refractivity contribution in [3.8, 4) is 11.5 Å². The van der Waals surface area contributed by atoms with E-state index in [2.05, 4.69) is 13.8 Å². The molecular formula is C26H31N2O5+. The van der Waals surface area contributed by atoms with Gasteiger partial charge in [-0.1, -0.05) is 18.2 Å². The van der Waals surface area contributed by atoms with Gasteiger partial charge in [0.2, 0.25) is 5.76 Å². The number of benzene rings is 2. The van der Waals surface area contributed by atoms with Gasteiger partial charge in [-0.25, -0.2) is 0 Å². The SMILES string of the molecule is CCOc1ccc([C@H]2c3c(oc4ccccc4c3=O)C(=O)N2CC[NH+](CC)CC)cc1OC. The third-order valence-electron chi connectivity index (χ3n) is 6.38. The van der Waals surface area contributed by atoms with Crippen molar-refractivity contribution >= 4 is 16.9 Å². The molecule has 0 aliphatic carbocycles. The Kier molecular flexibility index (Phi) is 6.70. The summed E-state index contributed by atoms with van der Waals surface area (Å²) in [5.41, 5.74) is 1.43. The number of hydrogen-bond acceptors (Lipinski definition) is 5. The lowest BCUT2D eigenvalue weighted by Crippen LogP contribution is -3.12. The van der Waals surface area contributed by atoms with Crippen LogP contribution >= 0.6 is 0 Å². The molecule has 1 atom stereocenters. The summed E-state index contributed by atoms with van der Waals surface area (Å²) >= 11 is 0. The molecule has 0 saturated heterocycles. The predicted octanol–water partition coefficient (Wildman–Crippen LogP) is 2.67. The Balaban J connectivity index is 1.87. The summed E-state index contributed by atoms with van der Waals surface area (Å²) < 4.78 is 17.2. The largest absolute Gasteiger partial charge is 0.493 e. The van der Waals surface area contributed by atoms with Crippen LogP contribution in [0.25, 0.3) is 11.0 Å². The molecule has 4 rings (SSSR count). The number of amides is 1. The molecule has 0 radical (unpaired) electrons. The summed E-state index contributed by atoms with van der Waals surface area (Å²) in [7, 11) is 1.58. The zero-order valence-corrected chi connectivity index (χ0v) is 19.6. The summed E-state index contributed by atoms with van der Waals surface area (Å²) in [5.74, 6) is 1.07. The van der Waals surface area contributed by atoms with Gasteiger partial charge < -0.3 is 23.7 Å². The van der Waals surface area contributed by atoms with Gasteiger partial charge in [0.05, 0.1) is 56.9 Å². The minimum atomic E-state index is -0.548. The molecule has 2 heterocycles. The first-order valence-electron chi connectivity index (χ1n) is 11.5. The third-order valence-corrected chi connectivity index (χ3v) is 6.38. The molecule has 33 heavy (non-hydrogen) atoms. The van der Waals surface area contributed by atoms with Crippen molar-refractivity contribution in [3.05, 3.63) is 69.6 Å². The molecule has 0 bridgehead atoms. The lowest BCUT2D eigenvalue weighted by molar-refractivity contribution is -0.895. The Morgan fingerprint density at radius 2 is 1.79 bits per heavy atom. The highest BCUT2D eigenvalue weighted by atomic mass is 16.5. The smallest absolute Gasteiger partial charge is 0.291 e. The molecule has 3 aromatic rings. The lowest BCUT2D eigenvalue weighted by Gasteiger charge is -2.27. The van der Waals surface area contributed by atoms with Crippen LogP contribution in [0.2, 0.25) is 0 Å². The van der Waals surface area contributed by atoms with Crippen molar-refractivity contribution in [1.82, 2.24) is 4.90 Å². The van der Waals surface area contributed by atoms with Gasteiger partial charge in [0.25, 0.3) is 5.91 Å². The Hall–Kier alpha value is -3.32. The van der Waals surface area contributed by atoms with E-state index in [1.165, 1.54) is 4.90 Å². The minimum absolute atomic E-state index is 0.131. The van der Waals surface area contributed by atoms with E-state index in [9.17, 15) is 9.59 Å². The molecule has 0 spiro atoms. The molecule has 7 nitrogen and oxygen atoms in total. The van der Waals surface area contributed by atoms with E-state index >= 15 is 0 Å². The molecule has 1 aliphatic rings. The molecule has 0 fully saturated rings. The number of methoxy groups -OCH3 is 1. The summed E-state index contributed by atoms with van der Waals surface area (Å²) in [4.78, 5) is 30.2. The Morgan fingerprint density at radius 1 is 1.03 bits per heavy atom. The first kappa shape index (κ1) is 22.9. The summed E-state index contributed by atoms with van der Waals surface area (Å²) in [6.07, 6.45) is 0. The highest BCUT2D eigenvalue weighted by Crippen LogP contribution is 2.40. The van der Waals surface area contributed by atoms with Gasteiger partial charge in [0, 0.05) is 0 Å². The summed E-state index contributed by atoms with van der Waals surface area (Å²) in [6.45, 7) is 9.91. The first-order valence-corrected chi connectivity index (χ1v) is 11.5. The van der Waals surface area contributed by atoms with Crippen molar-refractivity contribution < 1.29 is 23.6 Å². The predicted molar refractivity (Wildman–Crippen MR) is 126 cm³/mol. The van der Waals surface area contributed by atoms with Gasteiger partial charge in [0.15, 0.2) is 16.9 Å². The topological polar surface area (TPSA) is 73.4 Å². The van der Waals surface area contributed by atoms with Crippen molar-refractivity contribution in [2.45, 2.75) is 26.8 Å². The second kappa shape index (κ2) is 9.67. The van der Waals surface area contributed by atoms with Gasteiger partial charge in [0.1, 0.15) is 5.58 Å². The number of likely N-dealkylation sites (N-methyl/N-ethyl adjacent to an activating group) is 1. The van der Waals surface area contributed by atoms with E-state index < -0.39 is 6.04 Å². The van der Waals surface area contributed by atoms with Crippen LogP contribution in [0.4, 0.5) is 0 Å². The van der Waals surface area contributed by atoms with E-state index in [1.54, 1.807) is 36.3 Å². The maximum atomic E-state index is 13.6. The van der Waals surface area contributed by atoms with Crippen LogP contribution in [0.5, 0.6) is 11.5 Å². The minimum Gasteiger partial charge on any atom is -0.493 e. The monoisotopic (exact) mass is 451 g/mol.